The smallest absolute Gasteiger partial charge is 0.419 e. The third-order valence-electron chi connectivity index (χ3n) is 5.59. The molecule has 0 saturated carbocycles. The molecule has 0 N–H and O–H groups in total. The van der Waals surface area contributed by atoms with Gasteiger partial charge >= 0.3 is 6.18 Å². The van der Waals surface area contributed by atoms with E-state index in [0.29, 0.717) is 24.4 Å². The molecule has 1 aromatic carbocycles. The Hall–Kier alpha value is -2.98. The van der Waals surface area contributed by atoms with E-state index < -0.39 is 30.8 Å². The summed E-state index contributed by atoms with van der Waals surface area (Å²) in [7, 11) is 0. The molecule has 172 valence electrons. The molecule has 0 spiro atoms. The van der Waals surface area contributed by atoms with Gasteiger partial charge in [0.05, 0.1) is 18.0 Å². The summed E-state index contributed by atoms with van der Waals surface area (Å²) in [5.74, 6) is 0.274. The highest BCUT2D eigenvalue weighted by molar-refractivity contribution is 5.71. The summed E-state index contributed by atoms with van der Waals surface area (Å²) in [6.45, 7) is 2.35. The number of hydrogen-bond donors (Lipinski definition) is 0. The van der Waals surface area contributed by atoms with Crippen molar-refractivity contribution in [3.05, 3.63) is 42.2 Å². The Kier molecular flexibility index (Phi) is 6.16. The van der Waals surface area contributed by atoms with Crippen LogP contribution >= 0.6 is 0 Å². The molecule has 1 fully saturated rings. The predicted octanol–water partition coefficient (Wildman–Crippen LogP) is 4.79. The van der Waals surface area contributed by atoms with Crippen LogP contribution < -0.4 is 9.64 Å². The molecule has 0 aliphatic carbocycles. The van der Waals surface area contributed by atoms with Gasteiger partial charge < -0.3 is 9.64 Å². The summed E-state index contributed by atoms with van der Waals surface area (Å²) in [5.41, 5.74) is -0.111. The van der Waals surface area contributed by atoms with Crippen LogP contribution in [0, 0.1) is 5.92 Å². The molecule has 11 heteroatoms. The van der Waals surface area contributed by atoms with Crippen molar-refractivity contribution in [3.8, 4) is 5.75 Å². The molecule has 1 saturated heterocycles. The first kappa shape index (κ1) is 22.2. The molecule has 6 nitrogen and oxygen atoms in total. The van der Waals surface area contributed by atoms with Crippen LogP contribution in [0.25, 0.3) is 11.2 Å². The number of benzene rings is 1. The zero-order chi connectivity index (χ0) is 22.9. The number of aromatic nitrogens is 4. The Labute approximate surface area is 181 Å². The summed E-state index contributed by atoms with van der Waals surface area (Å²) in [5, 5.41) is 3.92. The average molecular weight is 455 g/mol. The summed E-state index contributed by atoms with van der Waals surface area (Å²) in [4.78, 5) is 10.7. The molecule has 1 aliphatic heterocycles. The average Bonchev–Trinajstić information content (AvgIpc) is 3.15. The zero-order valence-electron chi connectivity index (χ0n) is 17.3. The Morgan fingerprint density at radius 1 is 1.19 bits per heavy atom. The molecule has 0 bridgehead atoms. The fraction of sp³-hybridized carbons (Fsp3) is 0.476. The molecule has 32 heavy (non-hydrogen) atoms. The molecule has 2 aromatic heterocycles. The van der Waals surface area contributed by atoms with Gasteiger partial charge in [-0.3, -0.25) is 0 Å². The lowest BCUT2D eigenvalue weighted by Gasteiger charge is -2.36. The monoisotopic (exact) mass is 455 g/mol. The highest BCUT2D eigenvalue weighted by Crippen LogP contribution is 2.37. The minimum Gasteiger partial charge on any atom is -0.490 e. The van der Waals surface area contributed by atoms with Gasteiger partial charge in [0.25, 0.3) is 6.43 Å². The maximum absolute atomic E-state index is 13.3. The predicted molar refractivity (Wildman–Crippen MR) is 108 cm³/mol. The molecule has 0 amide bonds. The Morgan fingerprint density at radius 2 is 1.97 bits per heavy atom. The van der Waals surface area contributed by atoms with E-state index in [2.05, 4.69) is 15.1 Å². The van der Waals surface area contributed by atoms with Gasteiger partial charge in [0.1, 0.15) is 29.7 Å². The molecule has 1 aliphatic rings. The number of piperidine rings is 1. The molecule has 0 radical (unpaired) electrons. The molecule has 3 heterocycles. The van der Waals surface area contributed by atoms with Crippen molar-refractivity contribution in [1.29, 1.82) is 0 Å². The lowest BCUT2D eigenvalue weighted by Crippen LogP contribution is -2.41. The molecule has 0 unspecified atom stereocenters. The van der Waals surface area contributed by atoms with E-state index in [4.69, 9.17) is 4.74 Å². The minimum absolute atomic E-state index is 0.0477. The molecular weight excluding hydrogens is 433 g/mol. The number of fused-ring (bicyclic) bond motifs is 1. The number of anilines is 1. The van der Waals surface area contributed by atoms with Crippen LogP contribution in [-0.4, -0.2) is 45.4 Å². The SMILES string of the molecule is C[C@H](Oc1ccccc1C(F)(F)F)[C@@H]1CCCN(c2cnc3cnn(CC(F)F)c3n2)C1. The van der Waals surface area contributed by atoms with Crippen molar-refractivity contribution in [2.75, 3.05) is 18.0 Å². The van der Waals surface area contributed by atoms with Crippen LogP contribution in [-0.2, 0) is 12.7 Å². The fourth-order valence-corrected chi connectivity index (χ4v) is 3.96. The largest absolute Gasteiger partial charge is 0.490 e. The molecular formula is C21H22F5N5O. The first-order valence-corrected chi connectivity index (χ1v) is 10.3. The van der Waals surface area contributed by atoms with Gasteiger partial charge in [-0.2, -0.15) is 18.3 Å². The quantitative estimate of drug-likeness (QED) is 0.500. The van der Waals surface area contributed by atoms with E-state index in [1.807, 2.05) is 4.90 Å². The van der Waals surface area contributed by atoms with Gasteiger partial charge in [-0.25, -0.2) is 23.4 Å². The first-order chi connectivity index (χ1) is 15.2. The third-order valence-corrected chi connectivity index (χ3v) is 5.59. The second-order valence-corrected chi connectivity index (χ2v) is 7.82. The number of rotatable bonds is 6. The van der Waals surface area contributed by atoms with Crippen molar-refractivity contribution in [2.45, 2.75) is 45.0 Å². The summed E-state index contributed by atoms with van der Waals surface area (Å²) in [6, 6.07) is 5.17. The van der Waals surface area contributed by atoms with E-state index in [9.17, 15) is 22.0 Å². The number of nitrogens with zero attached hydrogens (tertiary/aromatic N) is 5. The lowest BCUT2D eigenvalue weighted by atomic mass is 9.93. The van der Waals surface area contributed by atoms with Crippen LogP contribution in [0.3, 0.4) is 0 Å². The van der Waals surface area contributed by atoms with E-state index in [0.717, 1.165) is 23.6 Å². The van der Waals surface area contributed by atoms with Crippen molar-refractivity contribution in [1.82, 2.24) is 19.7 Å². The highest BCUT2D eigenvalue weighted by Gasteiger charge is 2.35. The topological polar surface area (TPSA) is 56.1 Å². The Bertz CT molecular complexity index is 1070. The van der Waals surface area contributed by atoms with Gasteiger partial charge in [-0.1, -0.05) is 12.1 Å². The van der Waals surface area contributed by atoms with Crippen molar-refractivity contribution >= 4 is 17.0 Å². The number of alkyl halides is 5. The van der Waals surface area contributed by atoms with Crippen LogP contribution in [0.15, 0.2) is 36.7 Å². The second-order valence-electron chi connectivity index (χ2n) is 7.82. The number of ether oxygens (including phenoxy) is 1. The first-order valence-electron chi connectivity index (χ1n) is 10.3. The van der Waals surface area contributed by atoms with Crippen molar-refractivity contribution in [2.24, 2.45) is 5.92 Å². The van der Waals surface area contributed by atoms with E-state index >= 15 is 0 Å². The van der Waals surface area contributed by atoms with Gasteiger partial charge in [-0.05, 0) is 31.9 Å². The van der Waals surface area contributed by atoms with Crippen LogP contribution in [0.1, 0.15) is 25.3 Å². The number of para-hydroxylation sites is 1. The lowest BCUT2D eigenvalue weighted by molar-refractivity contribution is -0.139. The fourth-order valence-electron chi connectivity index (χ4n) is 3.96. The van der Waals surface area contributed by atoms with Crippen LogP contribution in [0.2, 0.25) is 0 Å². The summed E-state index contributed by atoms with van der Waals surface area (Å²) >= 11 is 0. The number of halogens is 5. The standard InChI is InChI=1S/C21H22F5N5O/c1-13(32-17-7-3-2-6-15(17)21(24,25)26)14-5-4-8-30(11-14)19-10-27-16-9-28-31(12-18(22)23)20(16)29-19/h2-3,6-7,9-10,13-14,18H,4-5,8,11-12H2,1H3/t13-,14+/m0/s1. The van der Waals surface area contributed by atoms with Gasteiger partial charge in [0, 0.05) is 19.0 Å². The van der Waals surface area contributed by atoms with Gasteiger partial charge in [-0.15, -0.1) is 0 Å². The second kappa shape index (κ2) is 8.87. The van der Waals surface area contributed by atoms with Crippen molar-refractivity contribution in [3.63, 3.8) is 0 Å². The molecule has 3 aromatic rings. The van der Waals surface area contributed by atoms with Crippen LogP contribution in [0.4, 0.5) is 27.8 Å². The Morgan fingerprint density at radius 3 is 2.72 bits per heavy atom. The maximum atomic E-state index is 13.3. The Balaban J connectivity index is 1.50. The number of hydrogen-bond acceptors (Lipinski definition) is 5. The minimum atomic E-state index is -4.50. The zero-order valence-corrected chi connectivity index (χ0v) is 17.3. The van der Waals surface area contributed by atoms with Crippen LogP contribution in [0.5, 0.6) is 5.75 Å². The van der Waals surface area contributed by atoms with E-state index in [1.54, 1.807) is 13.1 Å². The maximum Gasteiger partial charge on any atom is 0.419 e. The molecule has 4 rings (SSSR count). The third kappa shape index (κ3) is 4.76. The summed E-state index contributed by atoms with van der Waals surface area (Å²) < 4.78 is 72.3. The van der Waals surface area contributed by atoms with E-state index in [-0.39, 0.29) is 17.3 Å². The summed E-state index contributed by atoms with van der Waals surface area (Å²) in [6.07, 6.45) is -3.02. The van der Waals surface area contributed by atoms with E-state index in [1.165, 1.54) is 24.4 Å². The van der Waals surface area contributed by atoms with Gasteiger partial charge in [0.15, 0.2) is 5.65 Å². The van der Waals surface area contributed by atoms with Gasteiger partial charge in [0.2, 0.25) is 0 Å². The molecule has 2 atom stereocenters. The normalized spacial score (nSPS) is 18.3. The highest BCUT2D eigenvalue weighted by atomic mass is 19.4. The van der Waals surface area contributed by atoms with Crippen molar-refractivity contribution < 1.29 is 26.7 Å².